The summed E-state index contributed by atoms with van der Waals surface area (Å²) < 4.78 is 0. The molecule has 3 N–H and O–H groups in total. The molecule has 1 saturated heterocycles. The zero-order valence-corrected chi connectivity index (χ0v) is 14.1. The van der Waals surface area contributed by atoms with Crippen LogP contribution >= 0.6 is 0 Å². The Hall–Kier alpha value is -0.610. The summed E-state index contributed by atoms with van der Waals surface area (Å²) in [6, 6.07) is 0.756. The molecule has 0 radical (unpaired) electrons. The molecule has 1 amide bonds. The van der Waals surface area contributed by atoms with Gasteiger partial charge in [-0.15, -0.1) is 0 Å². The lowest BCUT2D eigenvalue weighted by Crippen LogP contribution is -2.51. The number of piperidine rings is 1. The van der Waals surface area contributed by atoms with Crippen LogP contribution in [0.2, 0.25) is 0 Å². The Morgan fingerprint density at radius 2 is 1.77 bits per heavy atom. The largest absolute Gasteiger partial charge is 0.353 e. The predicted molar refractivity (Wildman–Crippen MR) is 89.4 cm³/mol. The van der Waals surface area contributed by atoms with Crippen LogP contribution in [0.15, 0.2) is 0 Å². The molecule has 3 aliphatic rings. The van der Waals surface area contributed by atoms with E-state index in [2.05, 4.69) is 17.1 Å². The van der Waals surface area contributed by atoms with Crippen LogP contribution in [0.1, 0.15) is 58.3 Å². The molecule has 2 bridgehead atoms. The van der Waals surface area contributed by atoms with Crippen molar-refractivity contribution in [1.29, 1.82) is 0 Å². The topological polar surface area (TPSA) is 58.4 Å². The van der Waals surface area contributed by atoms with Crippen LogP contribution in [-0.4, -0.2) is 42.5 Å². The van der Waals surface area contributed by atoms with Gasteiger partial charge in [-0.25, -0.2) is 0 Å². The summed E-state index contributed by atoms with van der Waals surface area (Å²) in [5, 5.41) is 3.35. The molecule has 0 aromatic rings. The maximum atomic E-state index is 12.6. The minimum Gasteiger partial charge on any atom is -0.353 e. The highest BCUT2D eigenvalue weighted by Crippen LogP contribution is 2.41. The molecule has 126 valence electrons. The average molecular weight is 307 g/mol. The summed E-state index contributed by atoms with van der Waals surface area (Å²) in [5.41, 5.74) is 6.34. The molecule has 1 heterocycles. The molecule has 3 fully saturated rings. The van der Waals surface area contributed by atoms with Gasteiger partial charge in [-0.1, -0.05) is 13.3 Å². The molecule has 0 aromatic heterocycles. The Bertz CT molecular complexity index is 365. The first-order valence-corrected chi connectivity index (χ1v) is 9.45. The van der Waals surface area contributed by atoms with Crippen molar-refractivity contribution in [3.63, 3.8) is 0 Å². The number of fused-ring (bicyclic) bond motifs is 2. The van der Waals surface area contributed by atoms with Gasteiger partial charge in [0.25, 0.3) is 0 Å². The van der Waals surface area contributed by atoms with Crippen molar-refractivity contribution in [3.8, 4) is 0 Å². The highest BCUT2D eigenvalue weighted by Gasteiger charge is 2.40. The Kier molecular flexibility index (Phi) is 5.40. The lowest BCUT2D eigenvalue weighted by molar-refractivity contribution is -0.129. The van der Waals surface area contributed by atoms with Crippen molar-refractivity contribution >= 4 is 5.91 Å². The van der Waals surface area contributed by atoms with Gasteiger partial charge in [-0.05, 0) is 63.3 Å². The highest BCUT2D eigenvalue weighted by atomic mass is 16.1. The monoisotopic (exact) mass is 307 g/mol. The third-order valence-electron chi connectivity index (χ3n) is 6.26. The van der Waals surface area contributed by atoms with Gasteiger partial charge in [-0.2, -0.15) is 0 Å². The van der Waals surface area contributed by atoms with Gasteiger partial charge in [0.1, 0.15) is 0 Å². The molecule has 0 aromatic carbocycles. The van der Waals surface area contributed by atoms with Crippen molar-refractivity contribution in [2.45, 2.75) is 70.4 Å². The Balaban J connectivity index is 1.47. The fourth-order valence-electron chi connectivity index (χ4n) is 4.94. The van der Waals surface area contributed by atoms with Gasteiger partial charge in [-0.3, -0.25) is 4.79 Å². The minimum absolute atomic E-state index is 0.226. The molecular weight excluding hydrogens is 274 g/mol. The van der Waals surface area contributed by atoms with Gasteiger partial charge in [0.15, 0.2) is 0 Å². The van der Waals surface area contributed by atoms with E-state index >= 15 is 0 Å². The number of carbonyl (C=O) groups is 1. The lowest BCUT2D eigenvalue weighted by atomic mass is 9.65. The van der Waals surface area contributed by atoms with E-state index in [9.17, 15) is 4.79 Å². The number of carbonyl (C=O) groups excluding carboxylic acids is 1. The molecule has 1 aliphatic heterocycles. The van der Waals surface area contributed by atoms with E-state index in [4.69, 9.17) is 5.73 Å². The van der Waals surface area contributed by atoms with Crippen molar-refractivity contribution in [2.24, 2.45) is 23.5 Å². The summed E-state index contributed by atoms with van der Waals surface area (Å²) in [5.74, 6) is 1.73. The second-order valence-corrected chi connectivity index (χ2v) is 7.82. The molecular formula is C18H33N3O. The molecule has 2 atom stereocenters. The Labute approximate surface area is 135 Å². The van der Waals surface area contributed by atoms with Gasteiger partial charge in [0.05, 0.1) is 0 Å². The van der Waals surface area contributed by atoms with Crippen LogP contribution in [-0.2, 0) is 4.79 Å². The number of hydrogen-bond acceptors (Lipinski definition) is 3. The van der Waals surface area contributed by atoms with E-state index in [0.29, 0.717) is 29.8 Å². The molecule has 2 unspecified atom stereocenters. The maximum absolute atomic E-state index is 12.6. The van der Waals surface area contributed by atoms with Crippen molar-refractivity contribution < 1.29 is 4.79 Å². The Morgan fingerprint density at radius 3 is 2.36 bits per heavy atom. The van der Waals surface area contributed by atoms with E-state index in [1.807, 2.05) is 0 Å². The number of nitrogens with zero attached hydrogens (tertiary/aromatic N) is 1. The molecule has 0 spiro atoms. The lowest BCUT2D eigenvalue weighted by Gasteiger charge is -2.44. The first-order valence-electron chi connectivity index (χ1n) is 9.45. The van der Waals surface area contributed by atoms with Gasteiger partial charge < -0.3 is 16.0 Å². The third kappa shape index (κ3) is 3.65. The van der Waals surface area contributed by atoms with Crippen molar-refractivity contribution in [3.05, 3.63) is 0 Å². The van der Waals surface area contributed by atoms with Crippen LogP contribution in [0.4, 0.5) is 0 Å². The number of nitrogens with two attached hydrogens (primary N) is 1. The molecule has 22 heavy (non-hydrogen) atoms. The van der Waals surface area contributed by atoms with E-state index in [0.717, 1.165) is 38.8 Å². The summed E-state index contributed by atoms with van der Waals surface area (Å²) in [6.07, 6.45) is 9.29. The second kappa shape index (κ2) is 7.31. The second-order valence-electron chi connectivity index (χ2n) is 7.82. The molecule has 2 aliphatic carbocycles. The van der Waals surface area contributed by atoms with Crippen LogP contribution in [0.25, 0.3) is 0 Å². The Morgan fingerprint density at radius 1 is 1.14 bits per heavy atom. The minimum atomic E-state index is 0.226. The first-order chi connectivity index (χ1) is 10.7. The number of hydrogen-bond donors (Lipinski definition) is 2. The highest BCUT2D eigenvalue weighted by molar-refractivity contribution is 5.79. The van der Waals surface area contributed by atoms with E-state index in [1.54, 1.807) is 0 Å². The van der Waals surface area contributed by atoms with Gasteiger partial charge >= 0.3 is 0 Å². The average Bonchev–Trinajstić information content (AvgIpc) is 2.49. The van der Waals surface area contributed by atoms with Crippen molar-refractivity contribution in [1.82, 2.24) is 10.2 Å². The number of nitrogens with one attached hydrogen (secondary N) is 1. The summed E-state index contributed by atoms with van der Waals surface area (Å²) in [4.78, 5) is 15.2. The van der Waals surface area contributed by atoms with E-state index < -0.39 is 0 Å². The predicted octanol–water partition coefficient (Wildman–Crippen LogP) is 2.13. The van der Waals surface area contributed by atoms with Gasteiger partial charge in [0.2, 0.25) is 5.91 Å². The number of rotatable bonds is 4. The standard InChI is InChI=1S/C18H33N3O/c1-2-8-21-9-6-16(7-10-21)20-18(22)15-11-13-4-3-5-14(12-15)17(13)19/h13-17H,2-12,19H2,1H3,(H,20,22). The molecule has 2 saturated carbocycles. The third-order valence-corrected chi connectivity index (χ3v) is 6.26. The van der Waals surface area contributed by atoms with Crippen LogP contribution in [0.5, 0.6) is 0 Å². The molecule has 3 rings (SSSR count). The van der Waals surface area contributed by atoms with Crippen LogP contribution in [0.3, 0.4) is 0 Å². The fourth-order valence-corrected chi connectivity index (χ4v) is 4.94. The normalized spacial score (nSPS) is 37.0. The smallest absolute Gasteiger partial charge is 0.223 e. The SMILES string of the molecule is CCCN1CCC(NC(=O)C2CC3CCCC(C2)C3N)CC1. The zero-order chi connectivity index (χ0) is 15.5. The summed E-state index contributed by atoms with van der Waals surface area (Å²) in [7, 11) is 0. The quantitative estimate of drug-likeness (QED) is 0.836. The molecule has 4 heteroatoms. The molecule has 4 nitrogen and oxygen atoms in total. The van der Waals surface area contributed by atoms with Gasteiger partial charge in [0, 0.05) is 31.1 Å². The zero-order valence-electron chi connectivity index (χ0n) is 14.1. The maximum Gasteiger partial charge on any atom is 0.223 e. The van der Waals surface area contributed by atoms with Crippen LogP contribution in [0, 0.1) is 17.8 Å². The summed E-state index contributed by atoms with van der Waals surface area (Å²) >= 11 is 0. The van der Waals surface area contributed by atoms with E-state index in [-0.39, 0.29) is 5.92 Å². The number of likely N-dealkylation sites (tertiary alicyclic amines) is 1. The number of amides is 1. The van der Waals surface area contributed by atoms with E-state index in [1.165, 1.54) is 32.2 Å². The first kappa shape index (κ1) is 16.3. The fraction of sp³-hybridized carbons (Fsp3) is 0.944. The van der Waals surface area contributed by atoms with Crippen molar-refractivity contribution in [2.75, 3.05) is 19.6 Å². The van der Waals surface area contributed by atoms with Crippen LogP contribution < -0.4 is 11.1 Å². The summed E-state index contributed by atoms with van der Waals surface area (Å²) in [6.45, 7) is 5.71.